The van der Waals surface area contributed by atoms with E-state index < -0.39 is 0 Å². The summed E-state index contributed by atoms with van der Waals surface area (Å²) < 4.78 is 4.54. The number of nitrogens with two attached hydrogens (primary N) is 1. The van der Waals surface area contributed by atoms with Gasteiger partial charge in [0.1, 0.15) is 0 Å². The largest absolute Gasteiger partial charge is 0.469 e. The van der Waals surface area contributed by atoms with Gasteiger partial charge >= 0.3 is 5.97 Å². The zero-order chi connectivity index (χ0) is 7.56. The monoisotopic (exact) mass is 177 g/mol. The van der Waals surface area contributed by atoms with Crippen molar-refractivity contribution in [1.29, 1.82) is 0 Å². The molecular weight excluding hydrogens is 166 g/mol. The fourth-order valence-corrected chi connectivity index (χ4v) is 1.05. The first-order valence-corrected chi connectivity index (χ1v) is 3.26. The van der Waals surface area contributed by atoms with Crippen molar-refractivity contribution in [3.05, 3.63) is 12.2 Å². The number of halogens is 1. The van der Waals surface area contributed by atoms with Gasteiger partial charge in [-0.15, -0.1) is 12.4 Å². The Kier molecular flexibility index (Phi) is 4.15. The van der Waals surface area contributed by atoms with Crippen molar-refractivity contribution in [2.24, 2.45) is 11.7 Å². The smallest absolute Gasteiger partial charge is 0.312 e. The molecule has 0 aromatic rings. The van der Waals surface area contributed by atoms with Crippen molar-refractivity contribution in [2.75, 3.05) is 7.11 Å². The lowest BCUT2D eigenvalue weighted by Crippen LogP contribution is -2.19. The number of methoxy groups -OCH3 is 1. The van der Waals surface area contributed by atoms with E-state index in [0.717, 1.165) is 0 Å². The molecule has 1 rings (SSSR count). The van der Waals surface area contributed by atoms with E-state index in [-0.39, 0.29) is 30.3 Å². The first kappa shape index (κ1) is 10.5. The summed E-state index contributed by atoms with van der Waals surface area (Å²) in [7, 11) is 1.39. The summed E-state index contributed by atoms with van der Waals surface area (Å²) in [4.78, 5) is 10.8. The van der Waals surface area contributed by atoms with Crippen molar-refractivity contribution in [1.82, 2.24) is 0 Å². The molecule has 0 aliphatic heterocycles. The van der Waals surface area contributed by atoms with Gasteiger partial charge in [0, 0.05) is 6.04 Å². The van der Waals surface area contributed by atoms with Crippen molar-refractivity contribution in [2.45, 2.75) is 12.5 Å². The molecule has 3 nitrogen and oxygen atoms in total. The lowest BCUT2D eigenvalue weighted by molar-refractivity contribution is -0.143. The van der Waals surface area contributed by atoms with E-state index in [0.29, 0.717) is 6.42 Å². The van der Waals surface area contributed by atoms with E-state index in [1.54, 1.807) is 6.08 Å². The predicted molar refractivity (Wildman–Crippen MR) is 44.5 cm³/mol. The standard InChI is InChI=1S/C7H11NO2.ClH/c1-10-7(9)5-2-3-6(8)4-5;/h2-3,5-6H,4,8H2,1H3;1H/t5?,6-;/m0./s1. The summed E-state index contributed by atoms with van der Waals surface area (Å²) in [5.41, 5.74) is 5.52. The summed E-state index contributed by atoms with van der Waals surface area (Å²) in [5.74, 6) is -0.302. The highest BCUT2D eigenvalue weighted by Gasteiger charge is 2.22. The van der Waals surface area contributed by atoms with Crippen LogP contribution in [-0.4, -0.2) is 19.1 Å². The Morgan fingerprint density at radius 3 is 2.64 bits per heavy atom. The van der Waals surface area contributed by atoms with Crippen LogP contribution < -0.4 is 5.73 Å². The maximum absolute atomic E-state index is 10.8. The van der Waals surface area contributed by atoms with Gasteiger partial charge in [0.2, 0.25) is 0 Å². The van der Waals surface area contributed by atoms with Crippen LogP contribution in [0.3, 0.4) is 0 Å². The molecule has 0 amide bonds. The fourth-order valence-electron chi connectivity index (χ4n) is 1.05. The molecule has 64 valence electrons. The molecule has 0 aromatic heterocycles. The van der Waals surface area contributed by atoms with Gasteiger partial charge in [-0.3, -0.25) is 4.79 Å². The average Bonchev–Trinajstić information content (AvgIpc) is 2.34. The van der Waals surface area contributed by atoms with E-state index >= 15 is 0 Å². The lowest BCUT2D eigenvalue weighted by Gasteiger charge is -2.04. The Morgan fingerprint density at radius 1 is 1.64 bits per heavy atom. The second kappa shape index (κ2) is 4.36. The second-order valence-electron chi connectivity index (χ2n) is 2.41. The Balaban J connectivity index is 0.000001000. The lowest BCUT2D eigenvalue weighted by atomic mass is 10.1. The summed E-state index contributed by atoms with van der Waals surface area (Å²) in [6.07, 6.45) is 4.32. The highest BCUT2D eigenvalue weighted by Crippen LogP contribution is 2.16. The van der Waals surface area contributed by atoms with E-state index in [2.05, 4.69) is 4.74 Å². The van der Waals surface area contributed by atoms with Crippen LogP contribution in [0.1, 0.15) is 6.42 Å². The van der Waals surface area contributed by atoms with Gasteiger partial charge in [0.25, 0.3) is 0 Å². The van der Waals surface area contributed by atoms with Gasteiger partial charge in [0.15, 0.2) is 0 Å². The third-order valence-corrected chi connectivity index (χ3v) is 1.62. The van der Waals surface area contributed by atoms with Gasteiger partial charge in [-0.05, 0) is 6.42 Å². The molecule has 1 aliphatic carbocycles. The number of esters is 1. The van der Waals surface area contributed by atoms with Crippen molar-refractivity contribution < 1.29 is 9.53 Å². The Morgan fingerprint density at radius 2 is 2.27 bits per heavy atom. The zero-order valence-electron chi connectivity index (χ0n) is 6.32. The van der Waals surface area contributed by atoms with Gasteiger partial charge in [0.05, 0.1) is 13.0 Å². The summed E-state index contributed by atoms with van der Waals surface area (Å²) in [5, 5.41) is 0. The highest BCUT2D eigenvalue weighted by atomic mass is 35.5. The van der Waals surface area contributed by atoms with Crippen LogP contribution in [0.15, 0.2) is 12.2 Å². The van der Waals surface area contributed by atoms with Gasteiger partial charge in [-0.2, -0.15) is 0 Å². The Labute approximate surface area is 72.0 Å². The molecule has 2 N–H and O–H groups in total. The molecule has 0 radical (unpaired) electrons. The minimum absolute atomic E-state index is 0. The maximum atomic E-state index is 10.8. The second-order valence-corrected chi connectivity index (χ2v) is 2.41. The number of hydrogen-bond acceptors (Lipinski definition) is 3. The topological polar surface area (TPSA) is 52.3 Å². The average molecular weight is 178 g/mol. The van der Waals surface area contributed by atoms with E-state index in [4.69, 9.17) is 5.73 Å². The zero-order valence-corrected chi connectivity index (χ0v) is 7.14. The highest BCUT2D eigenvalue weighted by molar-refractivity contribution is 5.85. The fraction of sp³-hybridized carbons (Fsp3) is 0.571. The minimum Gasteiger partial charge on any atom is -0.469 e. The molecule has 1 aliphatic rings. The quantitative estimate of drug-likeness (QED) is 0.469. The number of hydrogen-bond donors (Lipinski definition) is 1. The van der Waals surface area contributed by atoms with Crippen molar-refractivity contribution in [3.8, 4) is 0 Å². The van der Waals surface area contributed by atoms with E-state index in [1.807, 2.05) is 6.08 Å². The third kappa shape index (κ3) is 2.52. The molecule has 0 saturated carbocycles. The molecule has 0 saturated heterocycles. The van der Waals surface area contributed by atoms with Gasteiger partial charge in [-0.1, -0.05) is 12.2 Å². The van der Waals surface area contributed by atoms with Crippen molar-refractivity contribution in [3.63, 3.8) is 0 Å². The van der Waals surface area contributed by atoms with Crippen LogP contribution in [0.25, 0.3) is 0 Å². The molecular formula is C7H12ClNO2. The molecule has 4 heteroatoms. The summed E-state index contributed by atoms with van der Waals surface area (Å²) in [6.45, 7) is 0. The third-order valence-electron chi connectivity index (χ3n) is 1.62. The van der Waals surface area contributed by atoms with Crippen LogP contribution in [0.2, 0.25) is 0 Å². The molecule has 0 aromatic carbocycles. The number of ether oxygens (including phenoxy) is 1. The summed E-state index contributed by atoms with van der Waals surface area (Å²) >= 11 is 0. The van der Waals surface area contributed by atoms with Gasteiger partial charge < -0.3 is 10.5 Å². The molecule has 0 spiro atoms. The molecule has 0 heterocycles. The maximum Gasteiger partial charge on any atom is 0.312 e. The van der Waals surface area contributed by atoms with Crippen LogP contribution in [0, 0.1) is 5.92 Å². The SMILES string of the molecule is COC(=O)C1C=C[C@H](N)C1.Cl. The van der Waals surface area contributed by atoms with Gasteiger partial charge in [-0.25, -0.2) is 0 Å². The Bertz CT molecular complexity index is 170. The number of rotatable bonds is 1. The molecule has 0 bridgehead atoms. The van der Waals surface area contributed by atoms with E-state index in [9.17, 15) is 4.79 Å². The first-order chi connectivity index (χ1) is 4.74. The van der Waals surface area contributed by atoms with Crippen LogP contribution in [0.5, 0.6) is 0 Å². The minimum atomic E-state index is -0.191. The molecule has 11 heavy (non-hydrogen) atoms. The number of carbonyl (C=O) groups excluding carboxylic acids is 1. The normalized spacial score (nSPS) is 27.8. The predicted octanol–water partition coefficient (Wildman–Crippen LogP) is 0.485. The molecule has 0 fully saturated rings. The number of carbonyl (C=O) groups is 1. The van der Waals surface area contributed by atoms with E-state index in [1.165, 1.54) is 7.11 Å². The first-order valence-electron chi connectivity index (χ1n) is 3.26. The van der Waals surface area contributed by atoms with Crippen LogP contribution in [0.4, 0.5) is 0 Å². The summed E-state index contributed by atoms with van der Waals surface area (Å²) in [6, 6.07) is 0.0316. The molecule has 2 atom stereocenters. The van der Waals surface area contributed by atoms with Crippen LogP contribution in [-0.2, 0) is 9.53 Å². The van der Waals surface area contributed by atoms with Crippen LogP contribution >= 0.6 is 12.4 Å². The Hall–Kier alpha value is -0.540. The molecule has 1 unspecified atom stereocenters. The van der Waals surface area contributed by atoms with Crippen molar-refractivity contribution >= 4 is 18.4 Å².